The molecular formula is C21H22ClF3N2O2. The highest BCUT2D eigenvalue weighted by Crippen LogP contribution is 2.30. The zero-order valence-electron chi connectivity index (χ0n) is 16.4. The molecule has 0 bridgehead atoms. The molecule has 0 amide bonds. The van der Waals surface area contributed by atoms with Crippen molar-refractivity contribution >= 4 is 29.6 Å². The van der Waals surface area contributed by atoms with E-state index in [0.717, 1.165) is 24.2 Å². The molecule has 0 spiro atoms. The van der Waals surface area contributed by atoms with Crippen molar-refractivity contribution < 1.29 is 22.7 Å². The molecule has 0 aliphatic heterocycles. The molecule has 29 heavy (non-hydrogen) atoms. The van der Waals surface area contributed by atoms with Gasteiger partial charge in [0.1, 0.15) is 0 Å². The Labute approximate surface area is 173 Å². The molecule has 0 aliphatic rings. The number of halogens is 4. The lowest BCUT2D eigenvalue weighted by molar-refractivity contribution is -0.137. The smallest absolute Gasteiger partial charge is 0.416 e. The molecule has 8 heteroatoms. The Kier molecular flexibility index (Phi) is 7.67. The third-order valence-corrected chi connectivity index (χ3v) is 4.59. The van der Waals surface area contributed by atoms with Crippen molar-refractivity contribution in [1.29, 1.82) is 0 Å². The van der Waals surface area contributed by atoms with E-state index in [9.17, 15) is 18.0 Å². The topological polar surface area (TPSA) is 41.9 Å². The van der Waals surface area contributed by atoms with Crippen molar-refractivity contribution in [3.63, 3.8) is 0 Å². The van der Waals surface area contributed by atoms with Crippen LogP contribution in [-0.2, 0) is 17.3 Å². The molecule has 0 aliphatic carbocycles. The fraction of sp³-hybridized carbons (Fsp3) is 0.333. The van der Waals surface area contributed by atoms with E-state index in [4.69, 9.17) is 16.3 Å². The number of hydrogen-bond acceptors (Lipinski definition) is 3. The minimum absolute atomic E-state index is 0.0588. The van der Waals surface area contributed by atoms with Crippen molar-refractivity contribution in [3.8, 4) is 0 Å². The van der Waals surface area contributed by atoms with Crippen molar-refractivity contribution in [2.75, 3.05) is 20.2 Å². The van der Waals surface area contributed by atoms with Gasteiger partial charge in [-0.15, -0.1) is 0 Å². The molecule has 0 atom stereocenters. The standard InChI is InChI=1S/C21H22ClF3N2O2/c1-4-27(3)13-26-19-12-18(22)17(10-14(19)2)20(28)29-9-8-15-6-5-7-16(11-15)21(23,24)25/h5-7,10-13H,4,8-9H2,1-3H3/b26-13+. The summed E-state index contributed by atoms with van der Waals surface area (Å²) in [6.45, 7) is 4.53. The van der Waals surface area contributed by atoms with Crippen molar-refractivity contribution in [3.05, 3.63) is 63.7 Å². The van der Waals surface area contributed by atoms with Crippen LogP contribution in [0.25, 0.3) is 0 Å². The summed E-state index contributed by atoms with van der Waals surface area (Å²) in [6.07, 6.45) is -2.57. The predicted octanol–water partition coefficient (Wildman–Crippen LogP) is 5.68. The summed E-state index contributed by atoms with van der Waals surface area (Å²) < 4.78 is 43.5. The summed E-state index contributed by atoms with van der Waals surface area (Å²) >= 11 is 6.20. The maximum absolute atomic E-state index is 12.8. The summed E-state index contributed by atoms with van der Waals surface area (Å²) in [5.41, 5.74) is 1.27. The first kappa shape index (κ1) is 22.7. The Morgan fingerprint density at radius 1 is 1.28 bits per heavy atom. The van der Waals surface area contributed by atoms with E-state index in [0.29, 0.717) is 11.3 Å². The fourth-order valence-electron chi connectivity index (χ4n) is 2.45. The molecule has 0 heterocycles. The van der Waals surface area contributed by atoms with Crippen LogP contribution in [-0.4, -0.2) is 37.4 Å². The van der Waals surface area contributed by atoms with Gasteiger partial charge in [0.05, 0.1) is 34.8 Å². The van der Waals surface area contributed by atoms with Gasteiger partial charge in [-0.1, -0.05) is 29.8 Å². The first-order valence-corrected chi connectivity index (χ1v) is 9.37. The molecule has 0 radical (unpaired) electrons. The molecule has 4 nitrogen and oxygen atoms in total. The molecule has 156 valence electrons. The highest BCUT2D eigenvalue weighted by atomic mass is 35.5. The second-order valence-corrected chi connectivity index (χ2v) is 6.93. The number of nitrogens with zero attached hydrogens (tertiary/aromatic N) is 2. The van der Waals surface area contributed by atoms with Crippen LogP contribution >= 0.6 is 11.6 Å². The van der Waals surface area contributed by atoms with E-state index < -0.39 is 17.7 Å². The molecule has 0 fully saturated rings. The highest BCUT2D eigenvalue weighted by Gasteiger charge is 2.30. The van der Waals surface area contributed by atoms with Crippen molar-refractivity contribution in [2.24, 2.45) is 4.99 Å². The maximum atomic E-state index is 12.8. The number of alkyl halides is 3. The SMILES string of the molecule is CCN(C)/C=N/c1cc(Cl)c(C(=O)OCCc2cccc(C(F)(F)F)c2)cc1C. The minimum atomic E-state index is -4.41. The average molecular weight is 427 g/mol. The van der Waals surface area contributed by atoms with Gasteiger partial charge < -0.3 is 9.64 Å². The number of rotatable bonds is 7. The van der Waals surface area contributed by atoms with Crippen LogP contribution in [0, 0.1) is 6.92 Å². The number of esters is 1. The Balaban J connectivity index is 2.02. The number of benzene rings is 2. The van der Waals surface area contributed by atoms with Crippen LogP contribution in [0.5, 0.6) is 0 Å². The van der Waals surface area contributed by atoms with Crippen LogP contribution in [0.15, 0.2) is 41.4 Å². The molecule has 2 aromatic rings. The normalized spacial score (nSPS) is 11.7. The monoisotopic (exact) mass is 426 g/mol. The zero-order valence-corrected chi connectivity index (χ0v) is 17.1. The summed E-state index contributed by atoms with van der Waals surface area (Å²) in [6, 6.07) is 8.11. The van der Waals surface area contributed by atoms with Crippen LogP contribution in [0.3, 0.4) is 0 Å². The Hall–Kier alpha value is -2.54. The van der Waals surface area contributed by atoms with Crippen LogP contribution < -0.4 is 0 Å². The second-order valence-electron chi connectivity index (χ2n) is 6.52. The number of aliphatic imine (C=N–C) groups is 1. The number of carbonyl (C=O) groups excluding carboxylic acids is 1. The fourth-order valence-corrected chi connectivity index (χ4v) is 2.69. The van der Waals surface area contributed by atoms with E-state index in [2.05, 4.69) is 4.99 Å². The van der Waals surface area contributed by atoms with Crippen molar-refractivity contribution in [1.82, 2.24) is 4.90 Å². The van der Waals surface area contributed by atoms with E-state index in [1.165, 1.54) is 6.07 Å². The number of ether oxygens (including phenoxy) is 1. The summed E-state index contributed by atoms with van der Waals surface area (Å²) in [7, 11) is 1.89. The third-order valence-electron chi connectivity index (χ3n) is 4.28. The van der Waals surface area contributed by atoms with Gasteiger partial charge >= 0.3 is 12.1 Å². The lowest BCUT2D eigenvalue weighted by Crippen LogP contribution is -2.14. The van der Waals surface area contributed by atoms with Gasteiger partial charge in [0.15, 0.2) is 0 Å². The second kappa shape index (κ2) is 9.78. The Bertz CT molecular complexity index is 898. The van der Waals surface area contributed by atoms with Gasteiger partial charge in [0.25, 0.3) is 0 Å². The lowest BCUT2D eigenvalue weighted by Gasteiger charge is -2.11. The van der Waals surface area contributed by atoms with Gasteiger partial charge in [0, 0.05) is 20.0 Å². The van der Waals surface area contributed by atoms with E-state index >= 15 is 0 Å². The Morgan fingerprint density at radius 3 is 2.66 bits per heavy atom. The minimum Gasteiger partial charge on any atom is -0.462 e. The first-order chi connectivity index (χ1) is 13.6. The predicted molar refractivity (Wildman–Crippen MR) is 108 cm³/mol. The highest BCUT2D eigenvalue weighted by molar-refractivity contribution is 6.33. The van der Waals surface area contributed by atoms with Gasteiger partial charge in [-0.3, -0.25) is 0 Å². The summed E-state index contributed by atoms with van der Waals surface area (Å²) in [5.74, 6) is -0.633. The van der Waals surface area contributed by atoms with Crippen LogP contribution in [0.1, 0.15) is 34.0 Å². The van der Waals surface area contributed by atoms with Gasteiger partial charge in [0.2, 0.25) is 0 Å². The van der Waals surface area contributed by atoms with Gasteiger partial charge in [-0.05, 0) is 43.2 Å². The van der Waals surface area contributed by atoms with Crippen molar-refractivity contribution in [2.45, 2.75) is 26.4 Å². The largest absolute Gasteiger partial charge is 0.462 e. The van der Waals surface area contributed by atoms with Crippen LogP contribution in [0.4, 0.5) is 18.9 Å². The lowest BCUT2D eigenvalue weighted by atomic mass is 10.1. The average Bonchev–Trinajstić information content (AvgIpc) is 2.67. The number of carbonyl (C=O) groups is 1. The molecule has 2 rings (SSSR count). The van der Waals surface area contributed by atoms with Gasteiger partial charge in [-0.2, -0.15) is 13.2 Å². The van der Waals surface area contributed by atoms with E-state index in [1.807, 2.05) is 18.9 Å². The van der Waals surface area contributed by atoms with Gasteiger partial charge in [-0.25, -0.2) is 9.79 Å². The summed E-state index contributed by atoms with van der Waals surface area (Å²) in [4.78, 5) is 18.6. The number of aryl methyl sites for hydroxylation is 1. The van der Waals surface area contributed by atoms with Crippen LogP contribution in [0.2, 0.25) is 5.02 Å². The third kappa shape index (κ3) is 6.49. The molecule has 0 saturated carbocycles. The first-order valence-electron chi connectivity index (χ1n) is 8.99. The quantitative estimate of drug-likeness (QED) is 0.325. The molecule has 0 saturated heterocycles. The molecule has 0 aromatic heterocycles. The van der Waals surface area contributed by atoms with E-state index in [1.54, 1.807) is 31.5 Å². The zero-order chi connectivity index (χ0) is 21.6. The number of hydrogen-bond donors (Lipinski definition) is 0. The molecule has 2 aromatic carbocycles. The molecular weight excluding hydrogens is 405 g/mol. The Morgan fingerprint density at radius 2 is 2.00 bits per heavy atom. The molecule has 0 N–H and O–H groups in total. The summed E-state index contributed by atoms with van der Waals surface area (Å²) in [5, 5.41) is 0.200. The van der Waals surface area contributed by atoms with E-state index in [-0.39, 0.29) is 23.6 Å². The molecule has 0 unspecified atom stereocenters. The maximum Gasteiger partial charge on any atom is 0.416 e.